The third-order valence-electron chi connectivity index (χ3n) is 3.90. The Hall–Kier alpha value is -0.0800. The fourth-order valence-electron chi connectivity index (χ4n) is 2.39. The predicted octanol–water partition coefficient (Wildman–Crippen LogP) is 3.13. The molecule has 0 amide bonds. The van der Waals surface area contributed by atoms with Gasteiger partial charge in [-0.2, -0.15) is 0 Å². The molecule has 1 aliphatic heterocycles. The van der Waals surface area contributed by atoms with Crippen molar-refractivity contribution >= 4 is 0 Å². The zero-order valence-corrected chi connectivity index (χ0v) is 12.6. The summed E-state index contributed by atoms with van der Waals surface area (Å²) in [6.07, 6.45) is 4.06. The van der Waals surface area contributed by atoms with Gasteiger partial charge in [-0.05, 0) is 65.1 Å². The molecule has 0 bridgehead atoms. The Balaban J connectivity index is 2.17. The minimum absolute atomic E-state index is 0.272. The Labute approximate surface area is 108 Å². The second-order valence-corrected chi connectivity index (χ2v) is 6.89. The van der Waals surface area contributed by atoms with Gasteiger partial charge in [0.15, 0.2) is 0 Å². The summed E-state index contributed by atoms with van der Waals surface area (Å²) in [5.41, 5.74) is 0.272. The summed E-state index contributed by atoms with van der Waals surface area (Å²) < 4.78 is 0. The van der Waals surface area contributed by atoms with Crippen LogP contribution in [-0.2, 0) is 0 Å². The molecule has 17 heavy (non-hydrogen) atoms. The van der Waals surface area contributed by atoms with Gasteiger partial charge in [0, 0.05) is 12.1 Å². The van der Waals surface area contributed by atoms with Gasteiger partial charge in [-0.3, -0.25) is 0 Å². The maximum Gasteiger partial charge on any atom is 0.00966 e. The van der Waals surface area contributed by atoms with Crippen molar-refractivity contribution in [2.45, 2.75) is 59.4 Å². The Morgan fingerprint density at radius 1 is 1.24 bits per heavy atom. The Kier molecular flexibility index (Phi) is 5.94. The van der Waals surface area contributed by atoms with Crippen LogP contribution in [0.3, 0.4) is 0 Å². The third-order valence-corrected chi connectivity index (χ3v) is 3.90. The summed E-state index contributed by atoms with van der Waals surface area (Å²) >= 11 is 0. The van der Waals surface area contributed by atoms with Gasteiger partial charge in [0.2, 0.25) is 0 Å². The van der Waals surface area contributed by atoms with Crippen LogP contribution in [0, 0.1) is 11.8 Å². The van der Waals surface area contributed by atoms with Crippen molar-refractivity contribution in [3.05, 3.63) is 0 Å². The summed E-state index contributed by atoms with van der Waals surface area (Å²) in [5, 5.41) is 3.64. The van der Waals surface area contributed by atoms with Gasteiger partial charge < -0.3 is 10.2 Å². The first-order chi connectivity index (χ1) is 7.90. The standard InChI is InChI=1S/C15H32N2/c1-6-13(2)12-17-9-7-14(8-10-17)11-16-15(3,4)5/h13-14,16H,6-12H2,1-5H3. The number of nitrogens with zero attached hydrogens (tertiary/aromatic N) is 1. The number of rotatable bonds is 5. The van der Waals surface area contributed by atoms with Crippen molar-refractivity contribution in [1.29, 1.82) is 0 Å². The Morgan fingerprint density at radius 3 is 2.29 bits per heavy atom. The summed E-state index contributed by atoms with van der Waals surface area (Å²) in [6.45, 7) is 16.5. The minimum Gasteiger partial charge on any atom is -0.312 e. The van der Waals surface area contributed by atoms with Crippen LogP contribution in [0.15, 0.2) is 0 Å². The summed E-state index contributed by atoms with van der Waals surface area (Å²) in [6, 6.07) is 0. The fraction of sp³-hybridized carbons (Fsp3) is 1.00. The molecule has 0 aromatic rings. The van der Waals surface area contributed by atoms with Gasteiger partial charge >= 0.3 is 0 Å². The van der Waals surface area contributed by atoms with Crippen molar-refractivity contribution < 1.29 is 0 Å². The molecule has 0 radical (unpaired) electrons. The van der Waals surface area contributed by atoms with Gasteiger partial charge in [0.05, 0.1) is 0 Å². The second-order valence-electron chi connectivity index (χ2n) is 6.89. The molecule has 2 nitrogen and oxygen atoms in total. The second kappa shape index (κ2) is 6.75. The quantitative estimate of drug-likeness (QED) is 0.794. The molecule has 0 aromatic carbocycles. The van der Waals surface area contributed by atoms with Crippen LogP contribution in [0.1, 0.15) is 53.9 Å². The van der Waals surface area contributed by atoms with E-state index in [1.165, 1.54) is 45.4 Å². The summed E-state index contributed by atoms with van der Waals surface area (Å²) in [7, 11) is 0. The Bertz CT molecular complexity index is 199. The van der Waals surface area contributed by atoms with Gasteiger partial charge in [-0.15, -0.1) is 0 Å². The highest BCUT2D eigenvalue weighted by molar-refractivity contribution is 4.78. The number of hydrogen-bond acceptors (Lipinski definition) is 2. The van der Waals surface area contributed by atoms with E-state index in [1.807, 2.05) is 0 Å². The molecule has 2 heteroatoms. The maximum atomic E-state index is 3.64. The van der Waals surface area contributed by atoms with Crippen molar-refractivity contribution in [2.75, 3.05) is 26.2 Å². The molecule has 1 unspecified atom stereocenters. The third kappa shape index (κ3) is 6.42. The molecule has 1 heterocycles. The average Bonchev–Trinajstić information content (AvgIpc) is 2.27. The zero-order chi connectivity index (χ0) is 12.9. The lowest BCUT2D eigenvalue weighted by Crippen LogP contribution is -2.43. The lowest BCUT2D eigenvalue weighted by Gasteiger charge is -2.34. The SMILES string of the molecule is CCC(C)CN1CCC(CNC(C)(C)C)CC1. The van der Waals surface area contributed by atoms with Crippen molar-refractivity contribution in [3.8, 4) is 0 Å². The van der Waals surface area contributed by atoms with E-state index >= 15 is 0 Å². The smallest absolute Gasteiger partial charge is 0.00966 e. The highest BCUT2D eigenvalue weighted by Gasteiger charge is 2.21. The number of piperidine rings is 1. The minimum atomic E-state index is 0.272. The van der Waals surface area contributed by atoms with Crippen LogP contribution in [0.2, 0.25) is 0 Å². The number of likely N-dealkylation sites (tertiary alicyclic amines) is 1. The summed E-state index contributed by atoms with van der Waals surface area (Å²) in [4.78, 5) is 2.65. The first-order valence-corrected chi connectivity index (χ1v) is 7.38. The van der Waals surface area contributed by atoms with Crippen LogP contribution in [0.25, 0.3) is 0 Å². The van der Waals surface area contributed by atoms with Crippen molar-refractivity contribution in [3.63, 3.8) is 0 Å². The molecule has 1 N–H and O–H groups in total. The van der Waals surface area contributed by atoms with E-state index in [0.717, 1.165) is 11.8 Å². The molecule has 1 atom stereocenters. The van der Waals surface area contributed by atoms with Gasteiger partial charge in [0.1, 0.15) is 0 Å². The van der Waals surface area contributed by atoms with E-state index in [0.29, 0.717) is 0 Å². The molecule has 0 aromatic heterocycles. The molecule has 1 fully saturated rings. The molecule has 0 aliphatic carbocycles. The summed E-state index contributed by atoms with van der Waals surface area (Å²) in [5.74, 6) is 1.75. The highest BCUT2D eigenvalue weighted by Crippen LogP contribution is 2.18. The average molecular weight is 240 g/mol. The number of hydrogen-bond donors (Lipinski definition) is 1. The van der Waals surface area contributed by atoms with E-state index in [1.54, 1.807) is 0 Å². The highest BCUT2D eigenvalue weighted by atomic mass is 15.1. The first-order valence-electron chi connectivity index (χ1n) is 7.38. The van der Waals surface area contributed by atoms with Crippen molar-refractivity contribution in [2.24, 2.45) is 11.8 Å². The van der Waals surface area contributed by atoms with E-state index < -0.39 is 0 Å². The van der Waals surface area contributed by atoms with E-state index in [2.05, 4.69) is 44.8 Å². The zero-order valence-electron chi connectivity index (χ0n) is 12.6. The van der Waals surface area contributed by atoms with Crippen LogP contribution < -0.4 is 5.32 Å². The van der Waals surface area contributed by atoms with E-state index in [4.69, 9.17) is 0 Å². The van der Waals surface area contributed by atoms with E-state index in [-0.39, 0.29) is 5.54 Å². The molecule has 102 valence electrons. The molecule has 0 saturated carbocycles. The van der Waals surface area contributed by atoms with Gasteiger partial charge in [0.25, 0.3) is 0 Å². The lowest BCUT2D eigenvalue weighted by atomic mass is 9.94. The molecule has 0 spiro atoms. The van der Waals surface area contributed by atoms with Gasteiger partial charge in [-0.25, -0.2) is 0 Å². The van der Waals surface area contributed by atoms with Crippen LogP contribution in [0.5, 0.6) is 0 Å². The normalized spacial score (nSPS) is 21.7. The Morgan fingerprint density at radius 2 is 1.82 bits per heavy atom. The van der Waals surface area contributed by atoms with Gasteiger partial charge in [-0.1, -0.05) is 20.3 Å². The molecule has 1 rings (SSSR count). The molecule has 1 aliphatic rings. The first kappa shape index (κ1) is 15.0. The maximum absolute atomic E-state index is 3.64. The molecular formula is C15H32N2. The fourth-order valence-corrected chi connectivity index (χ4v) is 2.39. The largest absolute Gasteiger partial charge is 0.312 e. The topological polar surface area (TPSA) is 15.3 Å². The van der Waals surface area contributed by atoms with E-state index in [9.17, 15) is 0 Å². The predicted molar refractivity (Wildman–Crippen MR) is 76.4 cm³/mol. The monoisotopic (exact) mass is 240 g/mol. The molecule has 1 saturated heterocycles. The van der Waals surface area contributed by atoms with Crippen LogP contribution >= 0.6 is 0 Å². The number of nitrogens with one attached hydrogen (secondary N) is 1. The van der Waals surface area contributed by atoms with Crippen molar-refractivity contribution in [1.82, 2.24) is 10.2 Å². The van der Waals surface area contributed by atoms with Crippen LogP contribution in [0.4, 0.5) is 0 Å². The lowest BCUT2D eigenvalue weighted by molar-refractivity contribution is 0.157. The van der Waals surface area contributed by atoms with Crippen LogP contribution in [-0.4, -0.2) is 36.6 Å². The molecular weight excluding hydrogens is 208 g/mol.